The van der Waals surface area contributed by atoms with Crippen molar-refractivity contribution in [2.75, 3.05) is 12.4 Å². The fourth-order valence-corrected chi connectivity index (χ4v) is 1.60. The lowest BCUT2D eigenvalue weighted by Crippen LogP contribution is -2.22. The lowest BCUT2D eigenvalue weighted by atomic mass is 10.1. The first-order valence-corrected chi connectivity index (χ1v) is 5.57. The standard InChI is InChI=1S/C13H12FN3O2/c1-19-13(18)12(9-5-3-2-4-6-9)17-11-7-10(14)15-8-16-11/h2-8,12H,1H3,(H,15,16,17). The third kappa shape index (κ3) is 3.25. The van der Waals surface area contributed by atoms with E-state index in [0.717, 1.165) is 12.4 Å². The van der Waals surface area contributed by atoms with Crippen LogP contribution in [0.2, 0.25) is 0 Å². The Morgan fingerprint density at radius 1 is 1.32 bits per heavy atom. The number of methoxy groups -OCH3 is 1. The van der Waals surface area contributed by atoms with Crippen LogP contribution in [-0.2, 0) is 9.53 Å². The SMILES string of the molecule is COC(=O)C(Nc1cc(F)ncn1)c1ccccc1. The Hall–Kier alpha value is -2.50. The molecule has 0 saturated carbocycles. The molecule has 0 radical (unpaired) electrons. The number of rotatable bonds is 4. The Morgan fingerprint density at radius 2 is 2.05 bits per heavy atom. The van der Waals surface area contributed by atoms with Gasteiger partial charge < -0.3 is 10.1 Å². The van der Waals surface area contributed by atoms with E-state index >= 15 is 0 Å². The molecule has 98 valence electrons. The van der Waals surface area contributed by atoms with Crippen molar-refractivity contribution in [1.29, 1.82) is 0 Å². The van der Waals surface area contributed by atoms with Crippen LogP contribution < -0.4 is 5.32 Å². The fourth-order valence-electron chi connectivity index (χ4n) is 1.60. The first kappa shape index (κ1) is 12.9. The largest absolute Gasteiger partial charge is 0.467 e. The van der Waals surface area contributed by atoms with Gasteiger partial charge in [0.05, 0.1) is 7.11 Å². The molecule has 5 nitrogen and oxygen atoms in total. The number of ether oxygens (including phenoxy) is 1. The van der Waals surface area contributed by atoms with Crippen LogP contribution in [-0.4, -0.2) is 23.0 Å². The van der Waals surface area contributed by atoms with E-state index in [9.17, 15) is 9.18 Å². The Morgan fingerprint density at radius 3 is 2.68 bits per heavy atom. The summed E-state index contributed by atoms with van der Waals surface area (Å²) >= 11 is 0. The number of anilines is 1. The van der Waals surface area contributed by atoms with E-state index in [-0.39, 0.29) is 5.82 Å². The molecule has 0 aliphatic carbocycles. The van der Waals surface area contributed by atoms with Crippen LogP contribution in [0.1, 0.15) is 11.6 Å². The van der Waals surface area contributed by atoms with Crippen molar-refractivity contribution in [2.45, 2.75) is 6.04 Å². The number of carbonyl (C=O) groups excluding carboxylic acids is 1. The van der Waals surface area contributed by atoms with Crippen molar-refractivity contribution in [3.63, 3.8) is 0 Å². The molecule has 19 heavy (non-hydrogen) atoms. The van der Waals surface area contributed by atoms with Crippen LogP contribution >= 0.6 is 0 Å². The smallest absolute Gasteiger partial charge is 0.333 e. The second-order valence-corrected chi connectivity index (χ2v) is 3.74. The second kappa shape index (κ2) is 5.90. The molecule has 0 spiro atoms. The highest BCUT2D eigenvalue weighted by Gasteiger charge is 2.21. The number of halogens is 1. The van der Waals surface area contributed by atoms with Crippen molar-refractivity contribution in [3.8, 4) is 0 Å². The molecule has 1 N–H and O–H groups in total. The summed E-state index contributed by atoms with van der Waals surface area (Å²) in [7, 11) is 1.29. The minimum atomic E-state index is -0.750. The van der Waals surface area contributed by atoms with Gasteiger partial charge in [0.2, 0.25) is 5.95 Å². The molecular formula is C13H12FN3O2. The lowest BCUT2D eigenvalue weighted by Gasteiger charge is -2.17. The van der Waals surface area contributed by atoms with E-state index in [2.05, 4.69) is 15.3 Å². The minimum absolute atomic E-state index is 0.215. The molecule has 0 amide bonds. The van der Waals surface area contributed by atoms with Gasteiger partial charge in [0.25, 0.3) is 0 Å². The number of carbonyl (C=O) groups is 1. The molecule has 2 rings (SSSR count). The second-order valence-electron chi connectivity index (χ2n) is 3.74. The van der Waals surface area contributed by atoms with Crippen LogP contribution in [0.3, 0.4) is 0 Å². The summed E-state index contributed by atoms with van der Waals surface area (Å²) in [5.41, 5.74) is 0.702. The number of nitrogens with one attached hydrogen (secondary N) is 1. The predicted octanol–water partition coefficient (Wildman–Crippen LogP) is 1.94. The van der Waals surface area contributed by atoms with Crippen LogP contribution in [0.25, 0.3) is 0 Å². The predicted molar refractivity (Wildman–Crippen MR) is 66.8 cm³/mol. The highest BCUT2D eigenvalue weighted by molar-refractivity contribution is 5.80. The summed E-state index contributed by atoms with van der Waals surface area (Å²) < 4.78 is 17.7. The molecule has 1 aromatic carbocycles. The number of hydrogen-bond acceptors (Lipinski definition) is 5. The molecule has 0 aliphatic heterocycles. The van der Waals surface area contributed by atoms with Crippen molar-refractivity contribution in [3.05, 3.63) is 54.2 Å². The van der Waals surface area contributed by atoms with E-state index in [4.69, 9.17) is 4.74 Å². The van der Waals surface area contributed by atoms with Gasteiger partial charge in [-0.2, -0.15) is 4.39 Å². The van der Waals surface area contributed by atoms with Gasteiger partial charge in [0.1, 0.15) is 12.1 Å². The van der Waals surface area contributed by atoms with E-state index in [0.29, 0.717) is 5.56 Å². The van der Waals surface area contributed by atoms with Gasteiger partial charge in [0, 0.05) is 6.07 Å². The summed E-state index contributed by atoms with van der Waals surface area (Å²) in [6, 6.07) is 9.33. The third-order valence-electron chi connectivity index (χ3n) is 2.50. The molecule has 2 aromatic rings. The zero-order valence-electron chi connectivity index (χ0n) is 10.2. The van der Waals surface area contributed by atoms with E-state index < -0.39 is 18.0 Å². The molecule has 0 fully saturated rings. The first-order chi connectivity index (χ1) is 9.20. The fraction of sp³-hybridized carbons (Fsp3) is 0.154. The summed E-state index contributed by atoms with van der Waals surface area (Å²) in [6.07, 6.45) is 1.08. The Labute approximate surface area is 109 Å². The number of benzene rings is 1. The van der Waals surface area contributed by atoms with Gasteiger partial charge in [-0.1, -0.05) is 30.3 Å². The van der Waals surface area contributed by atoms with E-state index in [1.807, 2.05) is 6.07 Å². The number of aromatic nitrogens is 2. The number of esters is 1. The molecular weight excluding hydrogens is 249 g/mol. The number of nitrogens with zero attached hydrogens (tertiary/aromatic N) is 2. The Bertz CT molecular complexity index is 563. The maximum atomic E-state index is 13.0. The van der Waals surface area contributed by atoms with Gasteiger partial charge >= 0.3 is 5.97 Å². The van der Waals surface area contributed by atoms with Crippen LogP contribution in [0.4, 0.5) is 10.2 Å². The minimum Gasteiger partial charge on any atom is -0.467 e. The maximum absolute atomic E-state index is 13.0. The zero-order chi connectivity index (χ0) is 13.7. The molecule has 6 heteroatoms. The summed E-state index contributed by atoms with van der Waals surface area (Å²) in [4.78, 5) is 19.0. The maximum Gasteiger partial charge on any atom is 0.333 e. The van der Waals surface area contributed by atoms with Crippen molar-refractivity contribution in [1.82, 2.24) is 9.97 Å². The molecule has 1 aromatic heterocycles. The molecule has 0 aliphatic rings. The highest BCUT2D eigenvalue weighted by Crippen LogP contribution is 2.19. The van der Waals surface area contributed by atoms with Gasteiger partial charge in [-0.15, -0.1) is 0 Å². The monoisotopic (exact) mass is 261 g/mol. The van der Waals surface area contributed by atoms with Crippen LogP contribution in [0.15, 0.2) is 42.7 Å². The summed E-state index contributed by atoms with van der Waals surface area (Å²) in [5, 5.41) is 2.82. The molecule has 1 atom stereocenters. The average molecular weight is 261 g/mol. The Kier molecular flexibility index (Phi) is 4.02. The zero-order valence-corrected chi connectivity index (χ0v) is 10.2. The molecule has 1 heterocycles. The van der Waals surface area contributed by atoms with Crippen molar-refractivity contribution >= 4 is 11.8 Å². The van der Waals surface area contributed by atoms with Crippen LogP contribution in [0, 0.1) is 5.95 Å². The highest BCUT2D eigenvalue weighted by atomic mass is 19.1. The van der Waals surface area contributed by atoms with Crippen molar-refractivity contribution in [2.24, 2.45) is 0 Å². The number of hydrogen-bond donors (Lipinski definition) is 1. The lowest BCUT2D eigenvalue weighted by molar-refractivity contribution is -0.141. The van der Waals surface area contributed by atoms with Gasteiger partial charge in [0.15, 0.2) is 6.04 Å². The quantitative estimate of drug-likeness (QED) is 0.673. The van der Waals surface area contributed by atoms with Crippen molar-refractivity contribution < 1.29 is 13.9 Å². The third-order valence-corrected chi connectivity index (χ3v) is 2.50. The van der Waals surface area contributed by atoms with Gasteiger partial charge in [-0.05, 0) is 5.56 Å². The van der Waals surface area contributed by atoms with E-state index in [1.165, 1.54) is 7.11 Å². The normalized spacial score (nSPS) is 11.7. The van der Waals surface area contributed by atoms with Crippen LogP contribution in [0.5, 0.6) is 0 Å². The van der Waals surface area contributed by atoms with Gasteiger partial charge in [-0.3, -0.25) is 0 Å². The van der Waals surface area contributed by atoms with E-state index in [1.54, 1.807) is 24.3 Å². The topological polar surface area (TPSA) is 64.1 Å². The first-order valence-electron chi connectivity index (χ1n) is 5.57. The molecule has 0 saturated heterocycles. The average Bonchev–Trinajstić information content (AvgIpc) is 2.45. The Balaban J connectivity index is 2.27. The molecule has 1 unspecified atom stereocenters. The van der Waals surface area contributed by atoms with Gasteiger partial charge in [-0.25, -0.2) is 14.8 Å². The summed E-state index contributed by atoms with van der Waals surface area (Å²) in [5.74, 6) is -0.939. The summed E-state index contributed by atoms with van der Waals surface area (Å²) in [6.45, 7) is 0. The molecule has 0 bridgehead atoms.